The van der Waals surface area contributed by atoms with Gasteiger partial charge in [-0.05, 0) is 39.3 Å². The van der Waals surface area contributed by atoms with E-state index in [9.17, 15) is 4.79 Å². The Labute approximate surface area is 125 Å². The molecule has 0 spiro atoms. The van der Waals surface area contributed by atoms with Crippen molar-refractivity contribution in [3.8, 4) is 0 Å². The highest BCUT2D eigenvalue weighted by atomic mass is 16.5. The van der Waals surface area contributed by atoms with E-state index in [1.165, 1.54) is 5.56 Å². The average Bonchev–Trinajstić information content (AvgIpc) is 2.73. The van der Waals surface area contributed by atoms with Gasteiger partial charge in [-0.25, -0.2) is 0 Å². The number of benzene rings is 1. The van der Waals surface area contributed by atoms with Gasteiger partial charge in [0.05, 0.1) is 23.3 Å². The van der Waals surface area contributed by atoms with E-state index >= 15 is 0 Å². The minimum atomic E-state index is 0.0869. The van der Waals surface area contributed by atoms with Crippen molar-refractivity contribution in [2.45, 2.75) is 39.9 Å². The molecule has 0 saturated carbocycles. The van der Waals surface area contributed by atoms with Gasteiger partial charge < -0.3 is 14.6 Å². The summed E-state index contributed by atoms with van der Waals surface area (Å²) in [4.78, 5) is 18.1. The van der Waals surface area contributed by atoms with E-state index in [0.717, 1.165) is 22.2 Å². The van der Waals surface area contributed by atoms with Crippen LogP contribution in [0.1, 0.15) is 35.5 Å². The molecule has 1 amide bonds. The van der Waals surface area contributed by atoms with Gasteiger partial charge in [-0.1, -0.05) is 12.1 Å². The highest BCUT2D eigenvalue weighted by Crippen LogP contribution is 2.26. The summed E-state index contributed by atoms with van der Waals surface area (Å²) < 4.78 is 5.71. The maximum absolute atomic E-state index is 12.9. The van der Waals surface area contributed by atoms with Crippen molar-refractivity contribution < 1.29 is 9.53 Å². The summed E-state index contributed by atoms with van der Waals surface area (Å²) >= 11 is 0. The SMILES string of the molecule is Cc1[nH]c2c(C(=O)N3C[C@@H](C)O[C@H](C)C3)cccc2c1C. The largest absolute Gasteiger partial charge is 0.372 e. The summed E-state index contributed by atoms with van der Waals surface area (Å²) in [6.45, 7) is 9.46. The molecule has 112 valence electrons. The van der Waals surface area contributed by atoms with Crippen LogP contribution >= 0.6 is 0 Å². The van der Waals surface area contributed by atoms with E-state index in [0.29, 0.717) is 13.1 Å². The van der Waals surface area contributed by atoms with Crippen LogP contribution in [0.5, 0.6) is 0 Å². The molecular formula is C17H22N2O2. The van der Waals surface area contributed by atoms with Gasteiger partial charge in [0, 0.05) is 24.2 Å². The molecule has 1 N–H and O–H groups in total. The Morgan fingerprint density at radius 2 is 1.90 bits per heavy atom. The number of hydrogen-bond acceptors (Lipinski definition) is 2. The maximum atomic E-state index is 12.9. The van der Waals surface area contributed by atoms with E-state index < -0.39 is 0 Å². The molecule has 0 radical (unpaired) electrons. The Morgan fingerprint density at radius 3 is 2.57 bits per heavy atom. The highest BCUT2D eigenvalue weighted by Gasteiger charge is 2.27. The van der Waals surface area contributed by atoms with Crippen LogP contribution in [0.4, 0.5) is 0 Å². The van der Waals surface area contributed by atoms with Crippen LogP contribution in [0, 0.1) is 13.8 Å². The topological polar surface area (TPSA) is 45.3 Å². The third kappa shape index (κ3) is 2.44. The zero-order valence-electron chi connectivity index (χ0n) is 13.1. The van der Waals surface area contributed by atoms with Crippen molar-refractivity contribution >= 4 is 16.8 Å². The van der Waals surface area contributed by atoms with Gasteiger partial charge in [0.2, 0.25) is 0 Å². The number of aromatic amines is 1. The molecule has 1 aromatic heterocycles. The Morgan fingerprint density at radius 1 is 1.24 bits per heavy atom. The Balaban J connectivity index is 2.00. The summed E-state index contributed by atoms with van der Waals surface area (Å²) in [5.41, 5.74) is 4.03. The van der Waals surface area contributed by atoms with Crippen LogP contribution in [-0.2, 0) is 4.74 Å². The highest BCUT2D eigenvalue weighted by molar-refractivity contribution is 6.06. The van der Waals surface area contributed by atoms with E-state index in [1.54, 1.807) is 0 Å². The predicted molar refractivity (Wildman–Crippen MR) is 83.7 cm³/mol. The predicted octanol–water partition coefficient (Wildman–Crippen LogP) is 3.03. The van der Waals surface area contributed by atoms with Crippen LogP contribution in [0.25, 0.3) is 10.9 Å². The summed E-state index contributed by atoms with van der Waals surface area (Å²) in [6, 6.07) is 5.93. The molecule has 2 heterocycles. The molecule has 1 fully saturated rings. The molecule has 0 unspecified atom stereocenters. The average molecular weight is 286 g/mol. The molecule has 4 heteroatoms. The van der Waals surface area contributed by atoms with Crippen molar-refractivity contribution in [3.63, 3.8) is 0 Å². The fraction of sp³-hybridized carbons (Fsp3) is 0.471. The zero-order chi connectivity index (χ0) is 15.1. The fourth-order valence-electron chi connectivity index (χ4n) is 3.18. The first-order valence-corrected chi connectivity index (χ1v) is 7.50. The smallest absolute Gasteiger partial charge is 0.256 e. The third-order valence-electron chi connectivity index (χ3n) is 4.28. The van der Waals surface area contributed by atoms with Gasteiger partial charge in [-0.3, -0.25) is 4.79 Å². The summed E-state index contributed by atoms with van der Waals surface area (Å²) in [7, 11) is 0. The van der Waals surface area contributed by atoms with Gasteiger partial charge in [0.15, 0.2) is 0 Å². The summed E-state index contributed by atoms with van der Waals surface area (Å²) in [5, 5.41) is 1.13. The number of aryl methyl sites for hydroxylation is 2. The number of nitrogens with one attached hydrogen (secondary N) is 1. The van der Waals surface area contributed by atoms with Crippen LogP contribution in [0.15, 0.2) is 18.2 Å². The van der Waals surface area contributed by atoms with E-state index in [2.05, 4.69) is 18.0 Å². The number of rotatable bonds is 1. The number of nitrogens with zero attached hydrogens (tertiary/aromatic N) is 1. The minimum absolute atomic E-state index is 0.0869. The number of carbonyl (C=O) groups is 1. The Kier molecular flexibility index (Phi) is 3.49. The van der Waals surface area contributed by atoms with Crippen LogP contribution in [0.3, 0.4) is 0 Å². The van der Waals surface area contributed by atoms with Crippen LogP contribution < -0.4 is 0 Å². The van der Waals surface area contributed by atoms with Gasteiger partial charge in [-0.2, -0.15) is 0 Å². The molecule has 2 atom stereocenters. The fourth-order valence-corrected chi connectivity index (χ4v) is 3.18. The summed E-state index contributed by atoms with van der Waals surface area (Å²) in [6.07, 6.45) is 0.174. The van der Waals surface area contributed by atoms with Crippen molar-refractivity contribution in [1.82, 2.24) is 9.88 Å². The first-order chi connectivity index (χ1) is 9.97. The number of fused-ring (bicyclic) bond motifs is 1. The number of aromatic nitrogens is 1. The lowest BCUT2D eigenvalue weighted by molar-refractivity contribution is -0.0585. The van der Waals surface area contributed by atoms with Gasteiger partial charge in [-0.15, -0.1) is 0 Å². The Hall–Kier alpha value is -1.81. The van der Waals surface area contributed by atoms with Gasteiger partial charge >= 0.3 is 0 Å². The summed E-state index contributed by atoms with van der Waals surface area (Å²) in [5.74, 6) is 0.0869. The van der Waals surface area contributed by atoms with Crippen LogP contribution in [0.2, 0.25) is 0 Å². The van der Waals surface area contributed by atoms with E-state index in [1.807, 2.05) is 37.8 Å². The molecule has 0 bridgehead atoms. The standard InChI is InChI=1S/C17H22N2O2/c1-10-8-19(9-11(2)21-10)17(20)15-7-5-6-14-12(3)13(4)18-16(14)15/h5-7,10-11,18H,8-9H2,1-4H3/t10-,11-/m1/s1. The molecule has 2 aromatic rings. The second-order valence-corrected chi connectivity index (χ2v) is 6.07. The van der Waals surface area contributed by atoms with E-state index in [4.69, 9.17) is 4.74 Å². The number of carbonyl (C=O) groups excluding carboxylic acids is 1. The molecule has 1 aromatic carbocycles. The molecule has 3 rings (SSSR count). The second-order valence-electron chi connectivity index (χ2n) is 6.07. The molecule has 1 saturated heterocycles. The number of ether oxygens (including phenoxy) is 1. The molecule has 1 aliphatic heterocycles. The van der Waals surface area contributed by atoms with Gasteiger partial charge in [0.25, 0.3) is 5.91 Å². The number of hydrogen-bond donors (Lipinski definition) is 1. The first-order valence-electron chi connectivity index (χ1n) is 7.50. The molecule has 4 nitrogen and oxygen atoms in total. The quantitative estimate of drug-likeness (QED) is 0.876. The number of morpholine rings is 1. The van der Waals surface area contributed by atoms with Crippen molar-refractivity contribution in [2.75, 3.05) is 13.1 Å². The van der Waals surface area contributed by atoms with Crippen LogP contribution in [-0.4, -0.2) is 41.1 Å². The normalized spacial score (nSPS) is 22.8. The molecular weight excluding hydrogens is 264 g/mol. The molecule has 1 aliphatic rings. The Bertz CT molecular complexity index is 679. The number of H-pyrrole nitrogens is 1. The first kappa shape index (κ1) is 14.1. The van der Waals surface area contributed by atoms with Crippen molar-refractivity contribution in [3.05, 3.63) is 35.0 Å². The second kappa shape index (κ2) is 5.19. The lowest BCUT2D eigenvalue weighted by atomic mass is 10.1. The monoisotopic (exact) mass is 286 g/mol. The number of para-hydroxylation sites is 1. The zero-order valence-corrected chi connectivity index (χ0v) is 13.1. The number of amides is 1. The van der Waals surface area contributed by atoms with Crippen molar-refractivity contribution in [2.24, 2.45) is 0 Å². The molecule has 21 heavy (non-hydrogen) atoms. The minimum Gasteiger partial charge on any atom is -0.372 e. The van der Waals surface area contributed by atoms with Crippen molar-refractivity contribution in [1.29, 1.82) is 0 Å². The van der Waals surface area contributed by atoms with E-state index in [-0.39, 0.29) is 18.1 Å². The maximum Gasteiger partial charge on any atom is 0.256 e. The third-order valence-corrected chi connectivity index (χ3v) is 4.28. The lowest BCUT2D eigenvalue weighted by Gasteiger charge is -2.35. The lowest BCUT2D eigenvalue weighted by Crippen LogP contribution is -2.48. The molecule has 0 aliphatic carbocycles. The van der Waals surface area contributed by atoms with Gasteiger partial charge in [0.1, 0.15) is 0 Å².